The van der Waals surface area contributed by atoms with Crippen LogP contribution in [0.25, 0.3) is 0 Å². The van der Waals surface area contributed by atoms with Gasteiger partial charge in [0.2, 0.25) is 0 Å². The molecule has 0 bridgehead atoms. The minimum atomic E-state index is -0.961. The Morgan fingerprint density at radius 2 is 1.94 bits per heavy atom. The molecule has 0 spiro atoms. The fraction of sp³-hybridized carbons (Fsp3) is 0.846. The largest absolute Gasteiger partial charge is 0.480 e. The predicted molar refractivity (Wildman–Crippen MR) is 69.4 cm³/mol. The van der Waals surface area contributed by atoms with Gasteiger partial charge in [0, 0.05) is 13.1 Å². The van der Waals surface area contributed by atoms with Gasteiger partial charge in [-0.1, -0.05) is 33.1 Å². The Hall–Kier alpha value is -1.26. The number of carboxylic acid groups (broad SMARTS) is 1. The van der Waals surface area contributed by atoms with Crippen molar-refractivity contribution in [2.45, 2.75) is 58.0 Å². The summed E-state index contributed by atoms with van der Waals surface area (Å²) in [7, 11) is 1.75. The molecule has 0 aromatic carbocycles. The smallest absolute Gasteiger partial charge is 0.326 e. The number of amides is 2. The van der Waals surface area contributed by atoms with Crippen molar-refractivity contribution in [2.75, 3.05) is 7.05 Å². The van der Waals surface area contributed by atoms with Crippen LogP contribution in [0.4, 0.5) is 4.79 Å². The summed E-state index contributed by atoms with van der Waals surface area (Å²) >= 11 is 0. The Morgan fingerprint density at radius 3 is 2.39 bits per heavy atom. The number of carbonyl (C=O) groups is 2. The molecule has 2 atom stereocenters. The molecule has 0 aliphatic heterocycles. The molecule has 1 saturated carbocycles. The van der Waals surface area contributed by atoms with Crippen LogP contribution in [-0.4, -0.2) is 41.1 Å². The maximum Gasteiger partial charge on any atom is 0.326 e. The number of aliphatic carboxylic acids is 1. The Balaban J connectivity index is 2.57. The summed E-state index contributed by atoms with van der Waals surface area (Å²) < 4.78 is 0. The summed E-state index contributed by atoms with van der Waals surface area (Å²) in [6, 6.07) is -0.808. The van der Waals surface area contributed by atoms with Crippen LogP contribution in [0.2, 0.25) is 0 Å². The van der Waals surface area contributed by atoms with E-state index < -0.39 is 12.0 Å². The number of rotatable bonds is 5. The van der Waals surface area contributed by atoms with E-state index in [-0.39, 0.29) is 18.0 Å². The van der Waals surface area contributed by atoms with Gasteiger partial charge in [0.15, 0.2) is 0 Å². The lowest BCUT2D eigenvalue weighted by molar-refractivity contribution is -0.140. The number of urea groups is 1. The van der Waals surface area contributed by atoms with Crippen molar-refractivity contribution < 1.29 is 14.7 Å². The molecule has 0 aromatic heterocycles. The van der Waals surface area contributed by atoms with Gasteiger partial charge in [-0.3, -0.25) is 0 Å². The van der Waals surface area contributed by atoms with Gasteiger partial charge in [-0.25, -0.2) is 9.59 Å². The number of nitrogens with zero attached hydrogens (tertiary/aromatic N) is 1. The van der Waals surface area contributed by atoms with Gasteiger partial charge in [0.1, 0.15) is 6.04 Å². The molecular formula is C13H24N2O3. The third-order valence-electron chi connectivity index (χ3n) is 3.95. The highest BCUT2D eigenvalue weighted by Crippen LogP contribution is 2.22. The first-order valence-electron chi connectivity index (χ1n) is 6.73. The van der Waals surface area contributed by atoms with Gasteiger partial charge < -0.3 is 15.3 Å². The Kier molecular flexibility index (Phi) is 5.44. The highest BCUT2D eigenvalue weighted by molar-refractivity contribution is 5.82. The Morgan fingerprint density at radius 1 is 1.39 bits per heavy atom. The van der Waals surface area contributed by atoms with Crippen LogP contribution in [0, 0.1) is 5.92 Å². The predicted octanol–water partition coefficient (Wildman–Crippen LogP) is 2.07. The van der Waals surface area contributed by atoms with Crippen LogP contribution in [0.3, 0.4) is 0 Å². The van der Waals surface area contributed by atoms with E-state index in [2.05, 4.69) is 5.32 Å². The number of nitrogens with one attached hydrogen (secondary N) is 1. The molecule has 5 heteroatoms. The monoisotopic (exact) mass is 256 g/mol. The number of carbonyl (C=O) groups excluding carboxylic acids is 1. The molecule has 2 unspecified atom stereocenters. The molecule has 2 amide bonds. The molecule has 104 valence electrons. The minimum absolute atomic E-state index is 0.0663. The van der Waals surface area contributed by atoms with Crippen LogP contribution in [0.15, 0.2) is 0 Å². The summed E-state index contributed by atoms with van der Waals surface area (Å²) in [5.74, 6) is -1.03. The third kappa shape index (κ3) is 3.62. The van der Waals surface area contributed by atoms with E-state index in [1.807, 2.05) is 13.8 Å². The van der Waals surface area contributed by atoms with E-state index in [0.717, 1.165) is 32.1 Å². The molecule has 0 aromatic rings. The van der Waals surface area contributed by atoms with Gasteiger partial charge in [0.25, 0.3) is 0 Å². The zero-order valence-corrected chi connectivity index (χ0v) is 11.5. The first-order chi connectivity index (χ1) is 8.47. The van der Waals surface area contributed by atoms with Crippen molar-refractivity contribution in [1.29, 1.82) is 0 Å². The van der Waals surface area contributed by atoms with E-state index in [9.17, 15) is 9.59 Å². The van der Waals surface area contributed by atoms with Crippen LogP contribution in [0.1, 0.15) is 46.0 Å². The van der Waals surface area contributed by atoms with E-state index in [1.165, 1.54) is 0 Å². The highest BCUT2D eigenvalue weighted by atomic mass is 16.4. The van der Waals surface area contributed by atoms with Gasteiger partial charge in [-0.15, -0.1) is 0 Å². The second-order valence-corrected chi connectivity index (χ2v) is 5.20. The number of carboxylic acids is 1. The quantitative estimate of drug-likeness (QED) is 0.791. The zero-order valence-electron chi connectivity index (χ0n) is 11.5. The van der Waals surface area contributed by atoms with Crippen LogP contribution in [-0.2, 0) is 4.79 Å². The topological polar surface area (TPSA) is 69.6 Å². The molecular weight excluding hydrogens is 232 g/mol. The van der Waals surface area contributed by atoms with Crippen molar-refractivity contribution in [3.05, 3.63) is 0 Å². The van der Waals surface area contributed by atoms with Gasteiger partial charge in [0.05, 0.1) is 0 Å². The zero-order chi connectivity index (χ0) is 13.7. The molecule has 18 heavy (non-hydrogen) atoms. The average Bonchev–Trinajstić information content (AvgIpc) is 2.87. The molecule has 5 nitrogen and oxygen atoms in total. The Bertz CT molecular complexity index is 301. The fourth-order valence-electron chi connectivity index (χ4n) is 2.38. The molecule has 1 aliphatic rings. The van der Waals surface area contributed by atoms with Gasteiger partial charge >= 0.3 is 12.0 Å². The maximum atomic E-state index is 12.0. The first-order valence-corrected chi connectivity index (χ1v) is 6.73. The van der Waals surface area contributed by atoms with E-state index in [0.29, 0.717) is 0 Å². The standard InChI is InChI=1S/C13H24N2O3/c1-4-9(2)11(12(16)17)14-13(18)15(3)10-7-5-6-8-10/h9-11H,4-8H2,1-3H3,(H,14,18)(H,16,17). The molecule has 1 rings (SSSR count). The maximum absolute atomic E-state index is 12.0. The molecule has 0 saturated heterocycles. The first kappa shape index (κ1) is 14.8. The third-order valence-corrected chi connectivity index (χ3v) is 3.95. The summed E-state index contributed by atoms with van der Waals surface area (Å²) in [5, 5.41) is 11.8. The molecule has 0 radical (unpaired) electrons. The molecule has 2 N–H and O–H groups in total. The lowest BCUT2D eigenvalue weighted by Crippen LogP contribution is -2.51. The van der Waals surface area contributed by atoms with E-state index in [1.54, 1.807) is 11.9 Å². The minimum Gasteiger partial charge on any atom is -0.480 e. The van der Waals surface area contributed by atoms with Crippen molar-refractivity contribution in [2.24, 2.45) is 5.92 Å². The number of hydrogen-bond acceptors (Lipinski definition) is 2. The summed E-state index contributed by atoms with van der Waals surface area (Å²) in [4.78, 5) is 24.8. The van der Waals surface area contributed by atoms with Crippen LogP contribution >= 0.6 is 0 Å². The normalized spacial score (nSPS) is 19.3. The van der Waals surface area contributed by atoms with E-state index >= 15 is 0 Å². The lowest BCUT2D eigenvalue weighted by atomic mass is 9.99. The van der Waals surface area contributed by atoms with Crippen LogP contribution in [0.5, 0.6) is 0 Å². The van der Waals surface area contributed by atoms with Crippen molar-refractivity contribution in [3.8, 4) is 0 Å². The summed E-state index contributed by atoms with van der Waals surface area (Å²) in [6.07, 6.45) is 5.06. The van der Waals surface area contributed by atoms with Crippen molar-refractivity contribution >= 4 is 12.0 Å². The van der Waals surface area contributed by atoms with Crippen LogP contribution < -0.4 is 5.32 Å². The summed E-state index contributed by atoms with van der Waals surface area (Å²) in [6.45, 7) is 3.77. The van der Waals surface area contributed by atoms with Gasteiger partial charge in [-0.2, -0.15) is 0 Å². The van der Waals surface area contributed by atoms with Gasteiger partial charge in [-0.05, 0) is 18.8 Å². The Labute approximate surface area is 109 Å². The molecule has 1 fully saturated rings. The average molecular weight is 256 g/mol. The van der Waals surface area contributed by atoms with Crippen molar-refractivity contribution in [3.63, 3.8) is 0 Å². The van der Waals surface area contributed by atoms with E-state index in [4.69, 9.17) is 5.11 Å². The second-order valence-electron chi connectivity index (χ2n) is 5.20. The summed E-state index contributed by atoms with van der Waals surface area (Å²) in [5.41, 5.74) is 0. The second kappa shape index (κ2) is 6.61. The molecule has 1 aliphatic carbocycles. The lowest BCUT2D eigenvalue weighted by Gasteiger charge is -2.28. The molecule has 0 heterocycles. The SMILES string of the molecule is CCC(C)C(NC(=O)N(C)C1CCCC1)C(=O)O. The number of hydrogen-bond donors (Lipinski definition) is 2. The fourth-order valence-corrected chi connectivity index (χ4v) is 2.38. The highest BCUT2D eigenvalue weighted by Gasteiger charge is 2.29. The van der Waals surface area contributed by atoms with Crippen molar-refractivity contribution in [1.82, 2.24) is 10.2 Å².